The van der Waals surface area contributed by atoms with Gasteiger partial charge in [0.15, 0.2) is 0 Å². The van der Waals surface area contributed by atoms with Gasteiger partial charge in [-0.25, -0.2) is 0 Å². The van der Waals surface area contributed by atoms with Crippen LogP contribution in [0, 0.1) is 3.57 Å². The fraction of sp³-hybridized carbons (Fsp3) is 0.364. The summed E-state index contributed by atoms with van der Waals surface area (Å²) in [6, 6.07) is 6.06. The summed E-state index contributed by atoms with van der Waals surface area (Å²) < 4.78 is 6.19. The van der Waals surface area contributed by atoms with Crippen LogP contribution in [0.5, 0.6) is 0 Å². The van der Waals surface area contributed by atoms with Crippen LogP contribution >= 0.6 is 22.6 Å². The van der Waals surface area contributed by atoms with Crippen molar-refractivity contribution in [1.29, 1.82) is 0 Å². The van der Waals surface area contributed by atoms with Crippen LogP contribution in [0.4, 0.5) is 0 Å². The quantitative estimate of drug-likeness (QED) is 0.681. The highest BCUT2D eigenvalue weighted by atomic mass is 127. The van der Waals surface area contributed by atoms with Gasteiger partial charge in [0.25, 0.3) is 0 Å². The molecule has 0 aliphatic rings. The van der Waals surface area contributed by atoms with Crippen LogP contribution in [0.15, 0.2) is 18.2 Å². The molecule has 1 aromatic carbocycles. The molecule has 0 aliphatic heterocycles. The highest BCUT2D eigenvalue weighted by Crippen LogP contribution is 2.15. The number of carbonyl (C=O) groups is 1. The van der Waals surface area contributed by atoms with Gasteiger partial charge in [0.1, 0.15) is 6.61 Å². The lowest BCUT2D eigenvalue weighted by molar-refractivity contribution is -0.143. The molecule has 0 unspecified atom stereocenters. The fourth-order valence-corrected chi connectivity index (χ4v) is 1.93. The summed E-state index contributed by atoms with van der Waals surface area (Å²) in [4.78, 5) is 10.9. The standard InChI is InChI=1S/C11H14INO2/c1-2-9-5-8(3-4-10(9)12)7-15-11(14)6-13/h3-5H,2,6-7,13H2,1H3. The lowest BCUT2D eigenvalue weighted by Crippen LogP contribution is -2.16. The van der Waals surface area contributed by atoms with Gasteiger partial charge in [-0.05, 0) is 46.2 Å². The number of carbonyl (C=O) groups excluding carboxylic acids is 1. The molecule has 0 saturated heterocycles. The molecule has 0 heterocycles. The van der Waals surface area contributed by atoms with E-state index in [0.717, 1.165) is 12.0 Å². The number of aryl methyl sites for hydroxylation is 1. The van der Waals surface area contributed by atoms with E-state index in [-0.39, 0.29) is 12.5 Å². The third-order valence-electron chi connectivity index (χ3n) is 2.06. The number of esters is 1. The first kappa shape index (κ1) is 12.4. The molecule has 0 aliphatic carbocycles. The fourth-order valence-electron chi connectivity index (χ4n) is 1.21. The summed E-state index contributed by atoms with van der Waals surface area (Å²) in [7, 11) is 0. The molecular formula is C11H14INO2. The van der Waals surface area contributed by atoms with Crippen LogP contribution in [-0.4, -0.2) is 12.5 Å². The van der Waals surface area contributed by atoms with E-state index in [9.17, 15) is 4.79 Å². The summed E-state index contributed by atoms with van der Waals surface area (Å²) >= 11 is 2.30. The van der Waals surface area contributed by atoms with Gasteiger partial charge in [-0.3, -0.25) is 4.79 Å². The lowest BCUT2D eigenvalue weighted by Gasteiger charge is -2.06. The van der Waals surface area contributed by atoms with Crippen molar-refractivity contribution in [2.24, 2.45) is 5.73 Å². The molecule has 4 heteroatoms. The highest BCUT2D eigenvalue weighted by Gasteiger charge is 2.02. The van der Waals surface area contributed by atoms with Gasteiger partial charge in [0, 0.05) is 3.57 Å². The van der Waals surface area contributed by atoms with Crippen molar-refractivity contribution in [3.05, 3.63) is 32.9 Å². The number of nitrogens with two attached hydrogens (primary N) is 1. The molecule has 0 fully saturated rings. The first-order chi connectivity index (χ1) is 7.17. The molecular weight excluding hydrogens is 305 g/mol. The lowest BCUT2D eigenvalue weighted by atomic mass is 10.1. The summed E-state index contributed by atoms with van der Waals surface area (Å²) in [5, 5.41) is 0. The Morgan fingerprint density at radius 1 is 1.53 bits per heavy atom. The van der Waals surface area contributed by atoms with E-state index in [1.54, 1.807) is 0 Å². The zero-order valence-corrected chi connectivity index (χ0v) is 10.8. The summed E-state index contributed by atoms with van der Waals surface area (Å²) in [5.41, 5.74) is 7.42. The minimum Gasteiger partial charge on any atom is -0.460 e. The Kier molecular flexibility index (Phi) is 5.04. The molecule has 0 saturated carbocycles. The number of ether oxygens (including phenoxy) is 1. The Hall–Kier alpha value is -0.620. The van der Waals surface area contributed by atoms with E-state index in [2.05, 4.69) is 35.6 Å². The van der Waals surface area contributed by atoms with Gasteiger partial charge in [-0.2, -0.15) is 0 Å². The van der Waals surface area contributed by atoms with Gasteiger partial charge in [0.05, 0.1) is 6.54 Å². The van der Waals surface area contributed by atoms with Gasteiger partial charge >= 0.3 is 5.97 Å². The normalized spacial score (nSPS) is 10.1. The summed E-state index contributed by atoms with van der Waals surface area (Å²) in [6.07, 6.45) is 0.983. The van der Waals surface area contributed by atoms with Crippen molar-refractivity contribution in [2.75, 3.05) is 6.54 Å². The minimum absolute atomic E-state index is 0.0645. The van der Waals surface area contributed by atoms with Crippen molar-refractivity contribution in [1.82, 2.24) is 0 Å². The van der Waals surface area contributed by atoms with Crippen LogP contribution in [0.1, 0.15) is 18.1 Å². The topological polar surface area (TPSA) is 52.3 Å². The largest absolute Gasteiger partial charge is 0.460 e. The van der Waals surface area contributed by atoms with Gasteiger partial charge < -0.3 is 10.5 Å². The van der Waals surface area contributed by atoms with Crippen LogP contribution in [0.2, 0.25) is 0 Å². The van der Waals surface area contributed by atoms with E-state index < -0.39 is 0 Å². The molecule has 0 spiro atoms. The third kappa shape index (κ3) is 3.79. The summed E-state index contributed by atoms with van der Waals surface area (Å²) in [5.74, 6) is -0.369. The average molecular weight is 319 g/mol. The molecule has 1 aromatic rings. The van der Waals surface area contributed by atoms with E-state index in [1.807, 2.05) is 12.1 Å². The third-order valence-corrected chi connectivity index (χ3v) is 3.11. The van der Waals surface area contributed by atoms with E-state index in [0.29, 0.717) is 6.61 Å². The first-order valence-corrected chi connectivity index (χ1v) is 5.88. The second-order valence-electron chi connectivity index (χ2n) is 3.14. The average Bonchev–Trinajstić information content (AvgIpc) is 2.27. The monoisotopic (exact) mass is 319 g/mol. The van der Waals surface area contributed by atoms with E-state index in [4.69, 9.17) is 10.5 Å². The number of hydrogen-bond acceptors (Lipinski definition) is 3. The highest BCUT2D eigenvalue weighted by molar-refractivity contribution is 14.1. The maximum absolute atomic E-state index is 10.9. The molecule has 0 aromatic heterocycles. The number of rotatable bonds is 4. The smallest absolute Gasteiger partial charge is 0.320 e. The Balaban J connectivity index is 2.66. The number of halogens is 1. The van der Waals surface area contributed by atoms with Crippen molar-refractivity contribution in [2.45, 2.75) is 20.0 Å². The first-order valence-electron chi connectivity index (χ1n) is 4.80. The SMILES string of the molecule is CCc1cc(COC(=O)CN)ccc1I. The maximum Gasteiger partial charge on any atom is 0.320 e. The van der Waals surface area contributed by atoms with Crippen LogP contribution < -0.4 is 5.73 Å². The Morgan fingerprint density at radius 3 is 2.87 bits per heavy atom. The van der Waals surface area contributed by atoms with Crippen molar-refractivity contribution < 1.29 is 9.53 Å². The van der Waals surface area contributed by atoms with E-state index >= 15 is 0 Å². The number of hydrogen-bond donors (Lipinski definition) is 1. The zero-order valence-electron chi connectivity index (χ0n) is 8.63. The van der Waals surface area contributed by atoms with Crippen LogP contribution in [0.25, 0.3) is 0 Å². The molecule has 0 amide bonds. The molecule has 1 rings (SSSR count). The predicted octanol–water partition coefficient (Wildman–Crippen LogP) is 1.86. The molecule has 0 radical (unpaired) electrons. The van der Waals surface area contributed by atoms with Crippen LogP contribution in [-0.2, 0) is 22.6 Å². The number of benzene rings is 1. The second-order valence-corrected chi connectivity index (χ2v) is 4.31. The Labute approximate surface area is 103 Å². The van der Waals surface area contributed by atoms with Crippen molar-refractivity contribution >= 4 is 28.6 Å². The zero-order chi connectivity index (χ0) is 11.3. The Morgan fingerprint density at radius 2 is 2.27 bits per heavy atom. The van der Waals surface area contributed by atoms with Crippen LogP contribution in [0.3, 0.4) is 0 Å². The summed E-state index contributed by atoms with van der Waals surface area (Å²) in [6.45, 7) is 2.35. The predicted molar refractivity (Wildman–Crippen MR) is 67.4 cm³/mol. The van der Waals surface area contributed by atoms with Gasteiger partial charge in [-0.15, -0.1) is 0 Å². The molecule has 82 valence electrons. The molecule has 0 atom stereocenters. The maximum atomic E-state index is 10.9. The van der Waals surface area contributed by atoms with E-state index in [1.165, 1.54) is 9.13 Å². The Bertz CT molecular complexity index is 352. The van der Waals surface area contributed by atoms with Gasteiger partial charge in [-0.1, -0.05) is 19.1 Å². The second kappa shape index (κ2) is 6.07. The van der Waals surface area contributed by atoms with Crippen molar-refractivity contribution in [3.63, 3.8) is 0 Å². The molecule has 15 heavy (non-hydrogen) atoms. The minimum atomic E-state index is -0.369. The molecule has 0 bridgehead atoms. The molecule has 2 N–H and O–H groups in total. The van der Waals surface area contributed by atoms with Gasteiger partial charge in [0.2, 0.25) is 0 Å². The molecule has 3 nitrogen and oxygen atoms in total. The van der Waals surface area contributed by atoms with Crippen molar-refractivity contribution in [3.8, 4) is 0 Å².